The number of hydrogen-bond acceptors (Lipinski definition) is 2. The molecule has 1 aliphatic heterocycles. The Hall–Kier alpha value is -0.450. The smallest absolute Gasteiger partial charge is 0.124 e. The number of benzene rings is 1. The normalized spacial score (nSPS) is 26.4. The van der Waals surface area contributed by atoms with E-state index in [-0.39, 0.29) is 11.9 Å². The zero-order chi connectivity index (χ0) is 14.0. The third-order valence-corrected chi connectivity index (χ3v) is 4.57. The molecule has 1 fully saturated rings. The summed E-state index contributed by atoms with van der Waals surface area (Å²) in [6.45, 7) is 7.27. The van der Waals surface area contributed by atoms with E-state index in [0.29, 0.717) is 18.4 Å². The van der Waals surface area contributed by atoms with E-state index in [1.807, 2.05) is 6.07 Å². The molecule has 1 saturated heterocycles. The molecular weight excluding hydrogens is 307 g/mol. The van der Waals surface area contributed by atoms with Crippen molar-refractivity contribution in [1.82, 2.24) is 4.90 Å². The first-order valence-electron chi connectivity index (χ1n) is 6.90. The number of nitrogens with zero attached hydrogens (tertiary/aromatic N) is 1. The van der Waals surface area contributed by atoms with Crippen LogP contribution >= 0.6 is 15.9 Å². The van der Waals surface area contributed by atoms with Gasteiger partial charge in [0.25, 0.3) is 0 Å². The predicted octanol–water partition coefficient (Wildman–Crippen LogP) is 3.57. The van der Waals surface area contributed by atoms with Crippen LogP contribution in [0.2, 0.25) is 0 Å². The van der Waals surface area contributed by atoms with Crippen LogP contribution in [0.15, 0.2) is 22.7 Å². The molecule has 0 aromatic heterocycles. The fourth-order valence-corrected chi connectivity index (χ4v) is 3.83. The van der Waals surface area contributed by atoms with Gasteiger partial charge in [0.05, 0.1) is 0 Å². The summed E-state index contributed by atoms with van der Waals surface area (Å²) in [4.78, 5) is 2.44. The summed E-state index contributed by atoms with van der Waals surface area (Å²) in [7, 11) is 0. The fourth-order valence-electron chi connectivity index (χ4n) is 3.21. The minimum Gasteiger partial charge on any atom is -0.329 e. The minimum absolute atomic E-state index is 0.167. The molecule has 3 atom stereocenters. The number of nitrogens with two attached hydrogens (primary N) is 1. The molecule has 4 heteroatoms. The van der Waals surface area contributed by atoms with Gasteiger partial charge in [0.1, 0.15) is 5.82 Å². The Labute approximate surface area is 123 Å². The molecule has 1 aliphatic rings. The Morgan fingerprint density at radius 1 is 1.37 bits per heavy atom. The molecule has 1 aromatic carbocycles. The maximum Gasteiger partial charge on any atom is 0.124 e. The van der Waals surface area contributed by atoms with Gasteiger partial charge in [-0.25, -0.2) is 4.39 Å². The number of rotatable bonds is 3. The summed E-state index contributed by atoms with van der Waals surface area (Å²) < 4.78 is 14.0. The van der Waals surface area contributed by atoms with Gasteiger partial charge in [-0.05, 0) is 36.0 Å². The van der Waals surface area contributed by atoms with E-state index in [4.69, 9.17) is 5.73 Å². The van der Waals surface area contributed by atoms with Gasteiger partial charge in [0.15, 0.2) is 0 Å². The largest absolute Gasteiger partial charge is 0.329 e. The average molecular weight is 329 g/mol. The van der Waals surface area contributed by atoms with E-state index >= 15 is 0 Å². The molecule has 2 rings (SSSR count). The topological polar surface area (TPSA) is 29.3 Å². The molecule has 0 spiro atoms. The van der Waals surface area contributed by atoms with Crippen LogP contribution in [-0.2, 0) is 0 Å². The Morgan fingerprint density at radius 2 is 2.00 bits per heavy atom. The molecule has 3 unspecified atom stereocenters. The highest BCUT2D eigenvalue weighted by atomic mass is 79.9. The maximum absolute atomic E-state index is 13.2. The average Bonchev–Trinajstić information content (AvgIpc) is 2.31. The van der Waals surface area contributed by atoms with Gasteiger partial charge in [-0.15, -0.1) is 0 Å². The number of halogens is 2. The van der Waals surface area contributed by atoms with Crippen LogP contribution < -0.4 is 5.73 Å². The molecule has 0 radical (unpaired) electrons. The van der Waals surface area contributed by atoms with Crippen molar-refractivity contribution in [2.45, 2.75) is 26.3 Å². The summed E-state index contributed by atoms with van der Waals surface area (Å²) in [6, 6.07) is 5.05. The highest BCUT2D eigenvalue weighted by Crippen LogP contribution is 2.32. The van der Waals surface area contributed by atoms with Crippen LogP contribution in [0.1, 0.15) is 31.9 Å². The summed E-state index contributed by atoms with van der Waals surface area (Å²) in [5.74, 6) is 1.17. The lowest BCUT2D eigenvalue weighted by molar-refractivity contribution is 0.0980. The molecule has 1 heterocycles. The number of piperidine rings is 1. The summed E-state index contributed by atoms with van der Waals surface area (Å²) in [5, 5.41) is 0. The lowest BCUT2D eigenvalue weighted by Gasteiger charge is -2.40. The van der Waals surface area contributed by atoms with Crippen LogP contribution in [0.5, 0.6) is 0 Å². The van der Waals surface area contributed by atoms with Crippen molar-refractivity contribution in [3.05, 3.63) is 34.1 Å². The second-order valence-corrected chi connectivity index (χ2v) is 6.67. The second-order valence-electron chi connectivity index (χ2n) is 5.82. The van der Waals surface area contributed by atoms with Crippen LogP contribution in [0.4, 0.5) is 4.39 Å². The first-order chi connectivity index (χ1) is 9.01. The SMILES string of the molecule is CC1CC(C)CN(C(CN)c2ccc(F)cc2Br)C1. The summed E-state index contributed by atoms with van der Waals surface area (Å²) >= 11 is 3.46. The highest BCUT2D eigenvalue weighted by molar-refractivity contribution is 9.10. The van der Waals surface area contributed by atoms with Crippen LogP contribution in [-0.4, -0.2) is 24.5 Å². The quantitative estimate of drug-likeness (QED) is 0.919. The van der Waals surface area contributed by atoms with E-state index in [1.165, 1.54) is 18.6 Å². The molecule has 0 amide bonds. The van der Waals surface area contributed by atoms with Crippen molar-refractivity contribution >= 4 is 15.9 Å². The molecule has 106 valence electrons. The Bertz CT molecular complexity index is 428. The van der Waals surface area contributed by atoms with Gasteiger partial charge in [0, 0.05) is 30.1 Å². The van der Waals surface area contributed by atoms with Gasteiger partial charge < -0.3 is 5.73 Å². The van der Waals surface area contributed by atoms with Crippen LogP contribution in [0.25, 0.3) is 0 Å². The Morgan fingerprint density at radius 3 is 2.53 bits per heavy atom. The van der Waals surface area contributed by atoms with Crippen molar-refractivity contribution < 1.29 is 4.39 Å². The maximum atomic E-state index is 13.2. The van der Waals surface area contributed by atoms with Crippen molar-refractivity contribution in [3.8, 4) is 0 Å². The minimum atomic E-state index is -0.216. The zero-order valence-electron chi connectivity index (χ0n) is 11.6. The molecule has 2 N–H and O–H groups in total. The van der Waals surface area contributed by atoms with Gasteiger partial charge in [-0.2, -0.15) is 0 Å². The third kappa shape index (κ3) is 3.56. The van der Waals surface area contributed by atoms with Gasteiger partial charge in [-0.3, -0.25) is 4.90 Å². The first kappa shape index (κ1) is 14.9. The summed E-state index contributed by atoms with van der Waals surface area (Å²) in [5.41, 5.74) is 7.07. The molecular formula is C15H22BrFN2. The van der Waals surface area contributed by atoms with Gasteiger partial charge in [0.2, 0.25) is 0 Å². The molecule has 0 bridgehead atoms. The predicted molar refractivity (Wildman–Crippen MR) is 80.4 cm³/mol. The van der Waals surface area contributed by atoms with E-state index in [9.17, 15) is 4.39 Å². The standard InChI is InChI=1S/C15H22BrFN2/c1-10-5-11(2)9-19(8-10)15(7-18)13-4-3-12(17)6-14(13)16/h3-4,6,10-11,15H,5,7-9,18H2,1-2H3. The molecule has 1 aromatic rings. The molecule has 0 aliphatic carbocycles. The Balaban J connectivity index is 2.23. The van der Waals surface area contributed by atoms with Crippen molar-refractivity contribution in [1.29, 1.82) is 0 Å². The monoisotopic (exact) mass is 328 g/mol. The van der Waals surface area contributed by atoms with Gasteiger partial charge in [-0.1, -0.05) is 35.8 Å². The highest BCUT2D eigenvalue weighted by Gasteiger charge is 2.28. The van der Waals surface area contributed by atoms with E-state index < -0.39 is 0 Å². The van der Waals surface area contributed by atoms with Gasteiger partial charge >= 0.3 is 0 Å². The number of hydrogen-bond donors (Lipinski definition) is 1. The van der Waals surface area contributed by atoms with Crippen molar-refractivity contribution in [3.63, 3.8) is 0 Å². The lowest BCUT2D eigenvalue weighted by atomic mass is 9.89. The van der Waals surface area contributed by atoms with Crippen molar-refractivity contribution in [2.75, 3.05) is 19.6 Å². The first-order valence-corrected chi connectivity index (χ1v) is 7.69. The van der Waals surface area contributed by atoms with E-state index in [0.717, 1.165) is 23.1 Å². The Kier molecular flexibility index (Phi) is 4.98. The molecule has 0 saturated carbocycles. The van der Waals surface area contributed by atoms with Crippen LogP contribution in [0.3, 0.4) is 0 Å². The van der Waals surface area contributed by atoms with Crippen molar-refractivity contribution in [2.24, 2.45) is 17.6 Å². The molecule has 19 heavy (non-hydrogen) atoms. The second kappa shape index (κ2) is 6.33. The zero-order valence-corrected chi connectivity index (χ0v) is 13.2. The number of likely N-dealkylation sites (tertiary alicyclic amines) is 1. The van der Waals surface area contributed by atoms with E-state index in [2.05, 4.69) is 34.7 Å². The molecule has 2 nitrogen and oxygen atoms in total. The van der Waals surface area contributed by atoms with Crippen LogP contribution in [0, 0.1) is 17.7 Å². The summed E-state index contributed by atoms with van der Waals surface area (Å²) in [6.07, 6.45) is 1.28. The third-order valence-electron chi connectivity index (χ3n) is 3.88. The fraction of sp³-hybridized carbons (Fsp3) is 0.600. The lowest BCUT2D eigenvalue weighted by Crippen LogP contribution is -2.43. The van der Waals surface area contributed by atoms with E-state index in [1.54, 1.807) is 0 Å².